The molecule has 5 heteroatoms. The minimum Gasteiger partial charge on any atom is -0.399 e. The van der Waals surface area contributed by atoms with E-state index in [4.69, 9.17) is 5.73 Å². The number of hydrogen-bond donors (Lipinski definition) is 2. The van der Waals surface area contributed by atoms with Gasteiger partial charge in [-0.15, -0.1) is 23.1 Å². The van der Waals surface area contributed by atoms with Crippen LogP contribution in [0.1, 0.15) is 6.42 Å². The van der Waals surface area contributed by atoms with E-state index in [1.54, 1.807) is 35.2 Å². The third kappa shape index (κ3) is 4.09. The lowest BCUT2D eigenvalue weighted by Gasteiger charge is -2.05. The van der Waals surface area contributed by atoms with Crippen molar-refractivity contribution >= 4 is 40.4 Å². The zero-order chi connectivity index (χ0) is 12.8. The molecule has 0 aliphatic heterocycles. The Hall–Kier alpha value is -1.46. The molecule has 18 heavy (non-hydrogen) atoms. The first-order chi connectivity index (χ1) is 8.74. The normalized spacial score (nSPS) is 10.2. The van der Waals surface area contributed by atoms with Crippen molar-refractivity contribution in [3.63, 3.8) is 0 Å². The van der Waals surface area contributed by atoms with Gasteiger partial charge in [-0.2, -0.15) is 0 Å². The molecule has 94 valence electrons. The van der Waals surface area contributed by atoms with Crippen molar-refractivity contribution in [1.29, 1.82) is 0 Å². The van der Waals surface area contributed by atoms with Gasteiger partial charge in [-0.1, -0.05) is 12.1 Å². The van der Waals surface area contributed by atoms with Gasteiger partial charge in [0.25, 0.3) is 0 Å². The fourth-order valence-corrected chi connectivity index (χ4v) is 3.23. The van der Waals surface area contributed by atoms with Gasteiger partial charge in [0.05, 0.1) is 4.21 Å². The summed E-state index contributed by atoms with van der Waals surface area (Å²) >= 11 is 3.40. The number of anilines is 2. The average Bonchev–Trinajstić information content (AvgIpc) is 2.82. The van der Waals surface area contributed by atoms with E-state index in [9.17, 15) is 4.79 Å². The lowest BCUT2D eigenvalue weighted by Crippen LogP contribution is -2.12. The first-order valence-electron chi connectivity index (χ1n) is 5.56. The lowest BCUT2D eigenvalue weighted by molar-refractivity contribution is -0.115. The van der Waals surface area contributed by atoms with Crippen molar-refractivity contribution in [3.8, 4) is 0 Å². The van der Waals surface area contributed by atoms with Gasteiger partial charge in [0.1, 0.15) is 0 Å². The minimum absolute atomic E-state index is 0.0182. The largest absolute Gasteiger partial charge is 0.399 e. The predicted octanol–water partition coefficient (Wildman–Crippen LogP) is 3.45. The number of rotatable bonds is 5. The number of amides is 1. The smallest absolute Gasteiger partial charge is 0.225 e. The molecule has 1 aromatic heterocycles. The van der Waals surface area contributed by atoms with Crippen LogP contribution in [0, 0.1) is 0 Å². The van der Waals surface area contributed by atoms with Crippen molar-refractivity contribution in [2.45, 2.75) is 10.6 Å². The van der Waals surface area contributed by atoms with Crippen LogP contribution in [0.5, 0.6) is 0 Å². The van der Waals surface area contributed by atoms with Gasteiger partial charge in [-0.25, -0.2) is 0 Å². The van der Waals surface area contributed by atoms with Crippen LogP contribution in [-0.4, -0.2) is 11.7 Å². The molecule has 1 heterocycles. The summed E-state index contributed by atoms with van der Waals surface area (Å²) in [7, 11) is 0. The highest BCUT2D eigenvalue weighted by atomic mass is 32.2. The zero-order valence-corrected chi connectivity index (χ0v) is 11.4. The Balaban J connectivity index is 1.75. The van der Waals surface area contributed by atoms with E-state index in [0.29, 0.717) is 12.1 Å². The number of carbonyl (C=O) groups excluding carboxylic acids is 1. The minimum atomic E-state index is 0.0182. The number of carbonyl (C=O) groups is 1. The summed E-state index contributed by atoms with van der Waals surface area (Å²) in [5.74, 6) is 0.805. The highest BCUT2D eigenvalue weighted by molar-refractivity contribution is 8.01. The topological polar surface area (TPSA) is 55.1 Å². The molecule has 1 aromatic carbocycles. The number of hydrogen-bond acceptors (Lipinski definition) is 4. The van der Waals surface area contributed by atoms with Gasteiger partial charge in [0.15, 0.2) is 0 Å². The van der Waals surface area contributed by atoms with Gasteiger partial charge in [-0.05, 0) is 29.6 Å². The highest BCUT2D eigenvalue weighted by Crippen LogP contribution is 2.24. The summed E-state index contributed by atoms with van der Waals surface area (Å²) in [5, 5.41) is 4.87. The standard InChI is InChI=1S/C13H14N2OS2/c14-10-3-1-4-11(9-10)15-12(16)6-8-18-13-5-2-7-17-13/h1-5,7,9H,6,8,14H2,(H,15,16). The molecule has 3 N–H and O–H groups in total. The van der Waals surface area contributed by atoms with Crippen LogP contribution in [0.25, 0.3) is 0 Å². The highest BCUT2D eigenvalue weighted by Gasteiger charge is 2.03. The Kier molecular flexibility index (Phi) is 4.66. The van der Waals surface area contributed by atoms with E-state index in [2.05, 4.69) is 11.4 Å². The number of thioether (sulfide) groups is 1. The molecule has 0 unspecified atom stereocenters. The van der Waals surface area contributed by atoms with Crippen molar-refractivity contribution < 1.29 is 4.79 Å². The summed E-state index contributed by atoms with van der Waals surface area (Å²) in [6.45, 7) is 0. The first kappa shape index (κ1) is 13.0. The molecule has 2 rings (SSSR count). The van der Waals surface area contributed by atoms with Crippen LogP contribution < -0.4 is 11.1 Å². The maximum Gasteiger partial charge on any atom is 0.225 e. The fourth-order valence-electron chi connectivity index (χ4n) is 1.43. The van der Waals surface area contributed by atoms with E-state index < -0.39 is 0 Å². The maximum absolute atomic E-state index is 11.7. The molecule has 0 saturated carbocycles. The van der Waals surface area contributed by atoms with Crippen LogP contribution in [0.4, 0.5) is 11.4 Å². The van der Waals surface area contributed by atoms with Crippen LogP contribution in [0.15, 0.2) is 46.0 Å². The molecule has 1 amide bonds. The molecule has 0 radical (unpaired) electrons. The maximum atomic E-state index is 11.7. The van der Waals surface area contributed by atoms with Gasteiger partial charge < -0.3 is 11.1 Å². The predicted molar refractivity (Wildman–Crippen MR) is 79.1 cm³/mol. The second kappa shape index (κ2) is 6.47. The van der Waals surface area contributed by atoms with E-state index in [1.165, 1.54) is 4.21 Å². The van der Waals surface area contributed by atoms with Crippen molar-refractivity contribution in [2.75, 3.05) is 16.8 Å². The third-order valence-electron chi connectivity index (χ3n) is 2.24. The second-order valence-corrected chi connectivity index (χ2v) is 6.05. The molecule has 0 saturated heterocycles. The molecular formula is C13H14N2OS2. The van der Waals surface area contributed by atoms with Crippen LogP contribution >= 0.6 is 23.1 Å². The Morgan fingerprint density at radius 2 is 2.22 bits per heavy atom. The van der Waals surface area contributed by atoms with Crippen molar-refractivity contribution in [2.24, 2.45) is 0 Å². The SMILES string of the molecule is Nc1cccc(NC(=O)CCSc2cccs2)c1. The summed E-state index contributed by atoms with van der Waals surface area (Å²) in [4.78, 5) is 11.7. The van der Waals surface area contributed by atoms with Gasteiger partial charge in [-0.3, -0.25) is 4.79 Å². The molecule has 0 fully saturated rings. The summed E-state index contributed by atoms with van der Waals surface area (Å²) < 4.78 is 1.24. The molecule has 0 atom stereocenters. The number of nitrogens with two attached hydrogens (primary N) is 1. The monoisotopic (exact) mass is 278 g/mol. The van der Waals surface area contributed by atoms with Crippen LogP contribution in [0.3, 0.4) is 0 Å². The Bertz CT molecular complexity index is 511. The van der Waals surface area contributed by atoms with Gasteiger partial charge >= 0.3 is 0 Å². The molecule has 3 nitrogen and oxygen atoms in total. The van der Waals surface area contributed by atoms with Crippen LogP contribution in [0.2, 0.25) is 0 Å². The zero-order valence-electron chi connectivity index (χ0n) is 9.76. The van der Waals surface area contributed by atoms with Crippen molar-refractivity contribution in [3.05, 3.63) is 41.8 Å². The molecular weight excluding hydrogens is 264 g/mol. The number of thiophene rings is 1. The Labute approximate surface area is 114 Å². The van der Waals surface area contributed by atoms with E-state index in [-0.39, 0.29) is 5.91 Å². The Morgan fingerprint density at radius 1 is 1.33 bits per heavy atom. The number of benzene rings is 1. The Morgan fingerprint density at radius 3 is 2.94 bits per heavy atom. The van der Waals surface area contributed by atoms with E-state index in [1.807, 2.05) is 23.6 Å². The quantitative estimate of drug-likeness (QED) is 0.650. The van der Waals surface area contributed by atoms with Gasteiger partial charge in [0, 0.05) is 23.5 Å². The van der Waals surface area contributed by atoms with Crippen LogP contribution in [-0.2, 0) is 4.79 Å². The number of nitrogens with one attached hydrogen (secondary N) is 1. The van der Waals surface area contributed by atoms with E-state index >= 15 is 0 Å². The summed E-state index contributed by atoms with van der Waals surface area (Å²) in [6, 6.07) is 11.3. The first-order valence-corrected chi connectivity index (χ1v) is 7.42. The number of nitrogen functional groups attached to an aromatic ring is 1. The molecule has 2 aromatic rings. The molecule has 0 spiro atoms. The molecule has 0 aliphatic carbocycles. The second-order valence-electron chi connectivity index (χ2n) is 3.70. The third-order valence-corrected chi connectivity index (χ3v) is 4.37. The summed E-state index contributed by atoms with van der Waals surface area (Å²) in [6.07, 6.45) is 0.497. The summed E-state index contributed by atoms with van der Waals surface area (Å²) in [5.41, 5.74) is 7.05. The lowest BCUT2D eigenvalue weighted by atomic mass is 10.3. The van der Waals surface area contributed by atoms with Crippen molar-refractivity contribution in [1.82, 2.24) is 0 Å². The van der Waals surface area contributed by atoms with E-state index in [0.717, 1.165) is 11.4 Å². The fraction of sp³-hybridized carbons (Fsp3) is 0.154. The van der Waals surface area contributed by atoms with Gasteiger partial charge in [0.2, 0.25) is 5.91 Å². The average molecular weight is 278 g/mol. The molecule has 0 bridgehead atoms. The molecule has 0 aliphatic rings.